The lowest BCUT2D eigenvalue weighted by Crippen LogP contribution is -2.49. The maximum Gasteiger partial charge on any atom is 0.407 e. The lowest BCUT2D eigenvalue weighted by molar-refractivity contribution is -0.125. The molecule has 0 heterocycles. The molecule has 4 N–H and O–H groups in total. The molecule has 0 aliphatic heterocycles. The number of carbonyl (C=O) groups excluding carboxylic acids is 3. The minimum atomic E-state index is -1.10. The number of anilines is 1. The van der Waals surface area contributed by atoms with Gasteiger partial charge in [-0.2, -0.15) is 0 Å². The molecular formula is C32H39N3O5. The summed E-state index contributed by atoms with van der Waals surface area (Å²) in [5.41, 5.74) is 7.15. The minimum absolute atomic E-state index is 0.0309. The molecule has 0 fully saturated rings. The van der Waals surface area contributed by atoms with E-state index in [2.05, 4.69) is 5.32 Å². The highest BCUT2D eigenvalue weighted by Crippen LogP contribution is 2.24. The minimum Gasteiger partial charge on any atom is -0.444 e. The third-order valence-corrected chi connectivity index (χ3v) is 6.31. The number of nitrogens with two attached hydrogens (primary N) is 1. The first-order valence-corrected chi connectivity index (χ1v) is 13.4. The monoisotopic (exact) mass is 545 g/mol. The van der Waals surface area contributed by atoms with Crippen LogP contribution in [0.5, 0.6) is 0 Å². The normalized spacial score (nSPS) is 13.5. The number of hydrogen-bond donors (Lipinski definition) is 3. The molecule has 40 heavy (non-hydrogen) atoms. The van der Waals surface area contributed by atoms with Crippen molar-refractivity contribution in [2.45, 2.75) is 57.8 Å². The summed E-state index contributed by atoms with van der Waals surface area (Å²) >= 11 is 0. The molecule has 3 rings (SSSR count). The molecule has 0 radical (unpaired) electrons. The molecule has 0 bridgehead atoms. The van der Waals surface area contributed by atoms with Crippen LogP contribution in [0.1, 0.15) is 38.3 Å². The first-order valence-electron chi connectivity index (χ1n) is 13.4. The summed E-state index contributed by atoms with van der Waals surface area (Å²) in [7, 11) is 0. The van der Waals surface area contributed by atoms with Crippen LogP contribution in [0.4, 0.5) is 10.5 Å². The Morgan fingerprint density at radius 2 is 1.35 bits per heavy atom. The van der Waals surface area contributed by atoms with E-state index in [4.69, 9.17) is 10.5 Å². The molecule has 8 nitrogen and oxygen atoms in total. The Hall–Kier alpha value is -4.17. The average Bonchev–Trinajstić information content (AvgIpc) is 2.91. The largest absolute Gasteiger partial charge is 0.444 e. The number of hydrogen-bond acceptors (Lipinski definition) is 5. The van der Waals surface area contributed by atoms with Gasteiger partial charge in [-0.05, 0) is 63.3 Å². The van der Waals surface area contributed by atoms with Gasteiger partial charge in [-0.3, -0.25) is 9.59 Å². The topological polar surface area (TPSA) is 122 Å². The van der Waals surface area contributed by atoms with Crippen molar-refractivity contribution in [3.8, 4) is 0 Å². The fourth-order valence-corrected chi connectivity index (χ4v) is 4.52. The molecule has 0 saturated heterocycles. The number of nitrogens with one attached hydrogen (secondary N) is 1. The lowest BCUT2D eigenvalue weighted by Gasteiger charge is -2.31. The Labute approximate surface area is 236 Å². The van der Waals surface area contributed by atoms with Gasteiger partial charge in [0, 0.05) is 11.6 Å². The van der Waals surface area contributed by atoms with Gasteiger partial charge in [-0.1, -0.05) is 78.9 Å². The number of carbonyl (C=O) groups is 3. The van der Waals surface area contributed by atoms with E-state index in [1.165, 1.54) is 4.90 Å². The number of primary amides is 1. The summed E-state index contributed by atoms with van der Waals surface area (Å²) in [4.78, 5) is 40.0. The summed E-state index contributed by atoms with van der Waals surface area (Å²) in [5, 5.41) is 14.3. The molecule has 3 atom stereocenters. The maximum atomic E-state index is 14.0. The second-order valence-electron chi connectivity index (χ2n) is 10.9. The van der Waals surface area contributed by atoms with Crippen LogP contribution in [0.3, 0.4) is 0 Å². The quantitative estimate of drug-likeness (QED) is 0.314. The van der Waals surface area contributed by atoms with Gasteiger partial charge in [-0.15, -0.1) is 0 Å². The van der Waals surface area contributed by atoms with Crippen molar-refractivity contribution in [3.05, 3.63) is 102 Å². The molecule has 212 valence electrons. The first kappa shape index (κ1) is 30.4. The van der Waals surface area contributed by atoms with E-state index in [0.717, 1.165) is 11.1 Å². The predicted molar refractivity (Wildman–Crippen MR) is 156 cm³/mol. The van der Waals surface area contributed by atoms with Crippen molar-refractivity contribution in [2.24, 2.45) is 11.7 Å². The van der Waals surface area contributed by atoms with Crippen molar-refractivity contribution in [2.75, 3.05) is 11.4 Å². The third kappa shape index (κ3) is 9.85. The third-order valence-electron chi connectivity index (χ3n) is 6.31. The van der Waals surface area contributed by atoms with Crippen molar-refractivity contribution >= 4 is 23.6 Å². The SMILES string of the molecule is CC(C)(C)OC(=O)NC(Cc1ccccc1)C(O)CC(Cc1ccccc1)C(=O)N(CC(N)=O)c1ccccc1. The standard InChI is InChI=1S/C32H39N3O5/c1-32(2,3)40-31(39)34-27(20-24-15-9-5-10-16-24)28(36)21-25(19-23-13-7-4-8-14-23)30(38)35(22-29(33)37)26-17-11-6-12-18-26/h4-18,25,27-28,36H,19-22H2,1-3H3,(H2,33,37)(H,34,39). The van der Waals surface area contributed by atoms with Crippen molar-refractivity contribution in [1.82, 2.24) is 5.32 Å². The second-order valence-corrected chi connectivity index (χ2v) is 10.9. The van der Waals surface area contributed by atoms with Gasteiger partial charge in [0.1, 0.15) is 12.1 Å². The Bertz CT molecular complexity index is 1230. The van der Waals surface area contributed by atoms with Crippen molar-refractivity contribution in [3.63, 3.8) is 0 Å². The highest BCUT2D eigenvalue weighted by Gasteiger charge is 2.33. The molecule has 3 aromatic carbocycles. The van der Waals surface area contributed by atoms with Crippen LogP contribution in [0.2, 0.25) is 0 Å². The number of aliphatic hydroxyl groups is 1. The summed E-state index contributed by atoms with van der Waals surface area (Å²) in [6.45, 7) is 5.00. The van der Waals surface area contributed by atoms with Crippen LogP contribution in [0.15, 0.2) is 91.0 Å². The zero-order valence-electron chi connectivity index (χ0n) is 23.3. The fraction of sp³-hybridized carbons (Fsp3) is 0.344. The molecule has 0 aliphatic rings. The predicted octanol–water partition coefficient (Wildman–Crippen LogP) is 4.25. The van der Waals surface area contributed by atoms with Gasteiger partial charge in [-0.25, -0.2) is 4.79 Å². The number of amides is 3. The molecular weight excluding hydrogens is 506 g/mol. The van der Waals surface area contributed by atoms with Crippen molar-refractivity contribution in [1.29, 1.82) is 0 Å². The number of para-hydroxylation sites is 1. The maximum absolute atomic E-state index is 14.0. The number of aliphatic hydroxyl groups excluding tert-OH is 1. The summed E-state index contributed by atoms with van der Waals surface area (Å²) in [6, 6.07) is 27.1. The molecule has 0 spiro atoms. The van der Waals surface area contributed by atoms with Gasteiger partial charge in [0.15, 0.2) is 0 Å². The summed E-state index contributed by atoms with van der Waals surface area (Å²) in [6.07, 6.45) is -1.07. The van der Waals surface area contributed by atoms with E-state index in [9.17, 15) is 19.5 Å². The Kier molecular flexibility index (Phi) is 10.8. The summed E-state index contributed by atoms with van der Waals surface area (Å²) < 4.78 is 5.46. The Balaban J connectivity index is 1.91. The van der Waals surface area contributed by atoms with Gasteiger partial charge in [0.05, 0.1) is 12.1 Å². The Morgan fingerprint density at radius 1 is 0.850 bits per heavy atom. The molecule has 8 heteroatoms. The molecule has 0 saturated carbocycles. The zero-order valence-corrected chi connectivity index (χ0v) is 23.3. The number of ether oxygens (including phenoxy) is 1. The van der Waals surface area contributed by atoms with Crippen LogP contribution in [-0.2, 0) is 27.2 Å². The summed E-state index contributed by atoms with van der Waals surface area (Å²) in [5.74, 6) is -1.70. The smallest absolute Gasteiger partial charge is 0.407 e. The average molecular weight is 546 g/mol. The number of alkyl carbamates (subject to hydrolysis) is 1. The van der Waals surface area contributed by atoms with E-state index in [-0.39, 0.29) is 18.9 Å². The van der Waals surface area contributed by atoms with Gasteiger partial charge in [0.2, 0.25) is 11.8 Å². The number of rotatable bonds is 12. The van der Waals surface area contributed by atoms with Gasteiger partial charge in [0.25, 0.3) is 0 Å². The molecule has 0 aliphatic carbocycles. The van der Waals surface area contributed by atoms with E-state index in [0.29, 0.717) is 18.5 Å². The van der Waals surface area contributed by atoms with Gasteiger partial charge >= 0.3 is 6.09 Å². The van der Waals surface area contributed by atoms with Crippen molar-refractivity contribution < 1.29 is 24.2 Å². The van der Waals surface area contributed by atoms with E-state index in [1.54, 1.807) is 45.0 Å². The van der Waals surface area contributed by atoms with Crippen LogP contribution in [0.25, 0.3) is 0 Å². The second kappa shape index (κ2) is 14.3. The molecule has 3 amide bonds. The lowest BCUT2D eigenvalue weighted by atomic mass is 9.88. The number of nitrogens with zero attached hydrogens (tertiary/aromatic N) is 1. The highest BCUT2D eigenvalue weighted by molar-refractivity contribution is 5.99. The van der Waals surface area contributed by atoms with Crippen LogP contribution >= 0.6 is 0 Å². The number of benzene rings is 3. The molecule has 3 unspecified atom stereocenters. The van der Waals surface area contributed by atoms with E-state index < -0.39 is 35.7 Å². The first-order chi connectivity index (χ1) is 19.0. The van der Waals surface area contributed by atoms with Gasteiger partial charge < -0.3 is 25.8 Å². The van der Waals surface area contributed by atoms with E-state index >= 15 is 0 Å². The highest BCUT2D eigenvalue weighted by atomic mass is 16.6. The Morgan fingerprint density at radius 3 is 1.85 bits per heavy atom. The van der Waals surface area contributed by atoms with Crippen LogP contribution < -0.4 is 16.0 Å². The van der Waals surface area contributed by atoms with Crippen LogP contribution in [0, 0.1) is 5.92 Å². The molecule has 0 aromatic heterocycles. The fourth-order valence-electron chi connectivity index (χ4n) is 4.52. The zero-order chi connectivity index (χ0) is 29.1. The molecule has 3 aromatic rings. The van der Waals surface area contributed by atoms with E-state index in [1.807, 2.05) is 66.7 Å². The van der Waals surface area contributed by atoms with Crippen LogP contribution in [-0.4, -0.2) is 47.3 Å².